The van der Waals surface area contributed by atoms with Gasteiger partial charge in [0.2, 0.25) is 11.8 Å². The first-order valence-corrected chi connectivity index (χ1v) is 11.9. The van der Waals surface area contributed by atoms with Crippen LogP contribution in [0.2, 0.25) is 5.02 Å². The predicted octanol–water partition coefficient (Wildman–Crippen LogP) is 4.75. The van der Waals surface area contributed by atoms with Crippen LogP contribution >= 0.6 is 11.6 Å². The summed E-state index contributed by atoms with van der Waals surface area (Å²) < 4.78 is 27.9. The molecule has 0 radical (unpaired) electrons. The Morgan fingerprint density at radius 3 is 1.97 bits per heavy atom. The summed E-state index contributed by atoms with van der Waals surface area (Å²) in [5, 5.41) is 5.75. The van der Waals surface area contributed by atoms with Crippen LogP contribution in [0, 0.1) is 13.8 Å². The molecule has 172 valence electrons. The number of nitrogens with one attached hydrogen (secondary N) is 2. The van der Waals surface area contributed by atoms with E-state index < -0.39 is 22.5 Å². The van der Waals surface area contributed by atoms with E-state index in [1.165, 1.54) is 31.2 Å². The van der Waals surface area contributed by atoms with E-state index in [0.29, 0.717) is 22.1 Å². The molecule has 2 amide bonds. The zero-order chi connectivity index (χ0) is 24.2. The van der Waals surface area contributed by atoms with Gasteiger partial charge in [0, 0.05) is 23.3 Å². The number of nitrogens with zero attached hydrogens (tertiary/aromatic N) is 1. The largest absolute Gasteiger partial charge is 0.326 e. The molecular formula is C24H24ClN3O4S. The number of aryl methyl sites for hydroxylation is 2. The van der Waals surface area contributed by atoms with Crippen molar-refractivity contribution in [2.45, 2.75) is 25.7 Å². The van der Waals surface area contributed by atoms with Crippen LogP contribution in [0.15, 0.2) is 71.6 Å². The molecule has 2 N–H and O–H groups in total. The van der Waals surface area contributed by atoms with Crippen LogP contribution in [0.3, 0.4) is 0 Å². The van der Waals surface area contributed by atoms with Crippen molar-refractivity contribution in [3.63, 3.8) is 0 Å². The first-order valence-electron chi connectivity index (χ1n) is 10.1. The molecule has 3 aromatic carbocycles. The third-order valence-corrected chi connectivity index (χ3v) is 7.00. The second-order valence-electron chi connectivity index (χ2n) is 7.54. The third-order valence-electron chi connectivity index (χ3n) is 4.96. The van der Waals surface area contributed by atoms with Gasteiger partial charge in [-0.2, -0.15) is 0 Å². The van der Waals surface area contributed by atoms with E-state index >= 15 is 0 Å². The van der Waals surface area contributed by atoms with E-state index in [2.05, 4.69) is 10.6 Å². The van der Waals surface area contributed by atoms with Crippen LogP contribution in [-0.2, 0) is 19.6 Å². The molecule has 0 spiro atoms. The summed E-state index contributed by atoms with van der Waals surface area (Å²) in [7, 11) is -4.04. The highest BCUT2D eigenvalue weighted by molar-refractivity contribution is 7.92. The maximum Gasteiger partial charge on any atom is 0.264 e. The monoisotopic (exact) mass is 485 g/mol. The number of benzene rings is 3. The van der Waals surface area contributed by atoms with Gasteiger partial charge >= 0.3 is 0 Å². The quantitative estimate of drug-likeness (QED) is 0.504. The second-order valence-corrected chi connectivity index (χ2v) is 9.84. The van der Waals surface area contributed by atoms with Crippen molar-refractivity contribution in [1.82, 2.24) is 0 Å². The Bertz CT molecular complexity index is 1270. The van der Waals surface area contributed by atoms with Crippen molar-refractivity contribution >= 4 is 50.5 Å². The predicted molar refractivity (Wildman–Crippen MR) is 131 cm³/mol. The Balaban J connectivity index is 1.89. The normalized spacial score (nSPS) is 11.0. The summed E-state index contributed by atoms with van der Waals surface area (Å²) in [6.07, 6.45) is 0. The third kappa shape index (κ3) is 6.12. The molecule has 0 saturated heterocycles. The molecule has 0 saturated carbocycles. The van der Waals surface area contributed by atoms with E-state index in [0.717, 1.165) is 15.4 Å². The van der Waals surface area contributed by atoms with Gasteiger partial charge in [-0.25, -0.2) is 8.42 Å². The van der Waals surface area contributed by atoms with Crippen molar-refractivity contribution in [3.05, 3.63) is 82.9 Å². The van der Waals surface area contributed by atoms with Crippen LogP contribution in [0.1, 0.15) is 18.1 Å². The molecular weight excluding hydrogens is 462 g/mol. The molecule has 0 aromatic heterocycles. The maximum absolute atomic E-state index is 13.4. The smallest absolute Gasteiger partial charge is 0.264 e. The highest BCUT2D eigenvalue weighted by atomic mass is 35.5. The molecule has 3 rings (SSSR count). The molecule has 0 unspecified atom stereocenters. The molecule has 0 aliphatic carbocycles. The first-order chi connectivity index (χ1) is 15.6. The number of hydrogen-bond acceptors (Lipinski definition) is 4. The molecule has 0 fully saturated rings. The van der Waals surface area contributed by atoms with Crippen LogP contribution in [0.4, 0.5) is 17.1 Å². The molecule has 0 heterocycles. The van der Waals surface area contributed by atoms with Gasteiger partial charge in [0.15, 0.2) is 0 Å². The van der Waals surface area contributed by atoms with E-state index in [9.17, 15) is 18.0 Å². The van der Waals surface area contributed by atoms with Crippen LogP contribution < -0.4 is 14.9 Å². The van der Waals surface area contributed by atoms with Crippen molar-refractivity contribution in [1.29, 1.82) is 0 Å². The summed E-state index contributed by atoms with van der Waals surface area (Å²) in [6, 6.07) is 17.5. The van der Waals surface area contributed by atoms with E-state index in [-0.39, 0.29) is 10.8 Å². The van der Waals surface area contributed by atoms with E-state index in [1.807, 2.05) is 19.9 Å². The number of rotatable bonds is 7. The molecule has 0 aliphatic heterocycles. The van der Waals surface area contributed by atoms with Crippen LogP contribution in [0.25, 0.3) is 0 Å². The number of carbonyl (C=O) groups is 2. The van der Waals surface area contributed by atoms with Gasteiger partial charge in [0.05, 0.1) is 10.6 Å². The van der Waals surface area contributed by atoms with Crippen LogP contribution in [0.5, 0.6) is 0 Å². The topological polar surface area (TPSA) is 95.6 Å². The zero-order valence-corrected chi connectivity index (χ0v) is 20.0. The average molecular weight is 486 g/mol. The first kappa shape index (κ1) is 24.3. The van der Waals surface area contributed by atoms with Gasteiger partial charge < -0.3 is 10.6 Å². The molecule has 9 heteroatoms. The van der Waals surface area contributed by atoms with Gasteiger partial charge in [-0.3, -0.25) is 13.9 Å². The summed E-state index contributed by atoms with van der Waals surface area (Å²) in [4.78, 5) is 24.0. The Morgan fingerprint density at radius 2 is 1.42 bits per heavy atom. The van der Waals surface area contributed by atoms with E-state index in [1.54, 1.807) is 36.4 Å². The highest BCUT2D eigenvalue weighted by Crippen LogP contribution is 2.27. The average Bonchev–Trinajstić information content (AvgIpc) is 2.75. The van der Waals surface area contributed by atoms with Crippen LogP contribution in [-0.4, -0.2) is 26.8 Å². The minimum Gasteiger partial charge on any atom is -0.326 e. The number of halogens is 1. The summed E-state index contributed by atoms with van der Waals surface area (Å²) in [6.45, 7) is 4.77. The Morgan fingerprint density at radius 1 is 0.848 bits per heavy atom. The standard InChI is InChI=1S/C24H24ClN3O4S/c1-16-4-11-22(14-17(16)2)28(33(31,32)23-12-5-19(25)6-13-23)15-24(30)27-21-9-7-20(8-10-21)26-18(3)29/h4-14H,15H2,1-3H3,(H,26,29)(H,27,30). The minimum atomic E-state index is -4.04. The Hall–Kier alpha value is -3.36. The Labute approximate surface area is 198 Å². The number of amides is 2. The van der Waals surface area contributed by atoms with Gasteiger partial charge in [0.1, 0.15) is 6.54 Å². The lowest BCUT2D eigenvalue weighted by molar-refractivity contribution is -0.115. The van der Waals surface area contributed by atoms with Gasteiger partial charge in [-0.05, 0) is 85.6 Å². The lowest BCUT2D eigenvalue weighted by Crippen LogP contribution is -2.38. The fourth-order valence-electron chi connectivity index (χ4n) is 3.10. The lowest BCUT2D eigenvalue weighted by atomic mass is 10.1. The lowest BCUT2D eigenvalue weighted by Gasteiger charge is -2.25. The maximum atomic E-state index is 13.4. The van der Waals surface area contributed by atoms with Crippen molar-refractivity contribution in [2.75, 3.05) is 21.5 Å². The number of carbonyl (C=O) groups excluding carboxylic acids is 2. The van der Waals surface area contributed by atoms with Crippen molar-refractivity contribution < 1.29 is 18.0 Å². The molecule has 0 bridgehead atoms. The summed E-state index contributed by atoms with van der Waals surface area (Å²) in [5.74, 6) is -0.721. The molecule has 33 heavy (non-hydrogen) atoms. The zero-order valence-electron chi connectivity index (χ0n) is 18.4. The minimum absolute atomic E-state index is 0.0255. The number of sulfonamides is 1. The number of hydrogen-bond donors (Lipinski definition) is 2. The van der Waals surface area contributed by atoms with Crippen molar-refractivity contribution in [3.8, 4) is 0 Å². The second kappa shape index (κ2) is 10.1. The summed E-state index contributed by atoms with van der Waals surface area (Å²) in [5.41, 5.74) is 3.34. The highest BCUT2D eigenvalue weighted by Gasteiger charge is 2.27. The van der Waals surface area contributed by atoms with Gasteiger partial charge in [-0.15, -0.1) is 0 Å². The molecule has 0 atom stereocenters. The van der Waals surface area contributed by atoms with Crippen molar-refractivity contribution in [2.24, 2.45) is 0 Å². The molecule has 0 aliphatic rings. The Kier molecular flexibility index (Phi) is 7.40. The summed E-state index contributed by atoms with van der Waals surface area (Å²) >= 11 is 5.91. The SMILES string of the molecule is CC(=O)Nc1ccc(NC(=O)CN(c2ccc(C)c(C)c2)S(=O)(=O)c2ccc(Cl)cc2)cc1. The fraction of sp³-hybridized carbons (Fsp3) is 0.167. The van der Waals surface area contributed by atoms with Gasteiger partial charge in [-0.1, -0.05) is 17.7 Å². The van der Waals surface area contributed by atoms with E-state index in [4.69, 9.17) is 11.6 Å². The molecule has 3 aromatic rings. The molecule has 7 nitrogen and oxygen atoms in total. The fourth-order valence-corrected chi connectivity index (χ4v) is 4.64. The number of anilines is 3. The van der Waals surface area contributed by atoms with Gasteiger partial charge in [0.25, 0.3) is 10.0 Å².